The predicted molar refractivity (Wildman–Crippen MR) is 94.4 cm³/mol. The average molecular weight is 303 g/mol. The van der Waals surface area contributed by atoms with E-state index in [1.165, 1.54) is 34.3 Å². The Kier molecular flexibility index (Phi) is 6.40. The molecule has 1 unspecified atom stereocenters. The molecule has 0 saturated carbocycles. The van der Waals surface area contributed by atoms with Gasteiger partial charge in [0.1, 0.15) is 5.75 Å². The van der Waals surface area contributed by atoms with Gasteiger partial charge in [-0.3, -0.25) is 0 Å². The van der Waals surface area contributed by atoms with Crippen molar-refractivity contribution in [2.45, 2.75) is 32.9 Å². The molecule has 0 fully saturated rings. The molecule has 2 rings (SSSR count). The highest BCUT2D eigenvalue weighted by molar-refractivity contribution is 7.99. The predicted octanol–water partition coefficient (Wildman–Crippen LogP) is 4.47. The summed E-state index contributed by atoms with van der Waals surface area (Å²) in [5.41, 5.74) is 1.34. The van der Waals surface area contributed by atoms with E-state index in [1.807, 2.05) is 17.8 Å². The first-order valence-electron chi connectivity index (χ1n) is 7.60. The van der Waals surface area contributed by atoms with E-state index in [-0.39, 0.29) is 0 Å². The van der Waals surface area contributed by atoms with Crippen molar-refractivity contribution in [3.8, 4) is 5.75 Å². The fraction of sp³-hybridized carbons (Fsp3) is 0.444. The Hall–Kier alpha value is -1.19. The molecule has 0 aliphatic carbocycles. The van der Waals surface area contributed by atoms with Gasteiger partial charge in [0.25, 0.3) is 0 Å². The molecule has 1 N–H and O–H groups in total. The third kappa shape index (κ3) is 4.94. The van der Waals surface area contributed by atoms with Gasteiger partial charge in [0.15, 0.2) is 0 Å². The van der Waals surface area contributed by atoms with Crippen LogP contribution >= 0.6 is 11.8 Å². The Morgan fingerprint density at radius 1 is 1.14 bits per heavy atom. The fourth-order valence-electron chi connectivity index (χ4n) is 2.31. The van der Waals surface area contributed by atoms with Crippen LogP contribution in [0.15, 0.2) is 36.4 Å². The molecule has 0 spiro atoms. The largest absolute Gasteiger partial charge is 0.497 e. The lowest BCUT2D eigenvalue weighted by atomic mass is 10.1. The lowest BCUT2D eigenvalue weighted by Gasteiger charge is -2.14. The van der Waals surface area contributed by atoms with Gasteiger partial charge in [-0.25, -0.2) is 0 Å². The Labute approximate surface area is 132 Å². The van der Waals surface area contributed by atoms with Crippen molar-refractivity contribution in [3.63, 3.8) is 0 Å². The molecule has 2 aromatic rings. The van der Waals surface area contributed by atoms with E-state index in [0.29, 0.717) is 6.04 Å². The Bertz CT molecular complexity index is 570. The van der Waals surface area contributed by atoms with Crippen molar-refractivity contribution in [1.82, 2.24) is 5.32 Å². The fourth-order valence-corrected chi connectivity index (χ4v) is 3.12. The second-order valence-corrected chi connectivity index (χ2v) is 6.71. The van der Waals surface area contributed by atoms with E-state index >= 15 is 0 Å². The highest BCUT2D eigenvalue weighted by Gasteiger charge is 2.03. The van der Waals surface area contributed by atoms with Gasteiger partial charge >= 0.3 is 0 Å². The Morgan fingerprint density at radius 2 is 1.90 bits per heavy atom. The lowest BCUT2D eigenvalue weighted by molar-refractivity contribution is 0.415. The zero-order valence-electron chi connectivity index (χ0n) is 13.2. The summed E-state index contributed by atoms with van der Waals surface area (Å²) in [7, 11) is 1.71. The van der Waals surface area contributed by atoms with E-state index in [2.05, 4.69) is 49.5 Å². The highest BCUT2D eigenvalue weighted by Crippen LogP contribution is 2.21. The van der Waals surface area contributed by atoms with Gasteiger partial charge in [-0.1, -0.05) is 25.1 Å². The second-order valence-electron chi connectivity index (χ2n) is 5.31. The highest BCUT2D eigenvalue weighted by atomic mass is 32.2. The topological polar surface area (TPSA) is 21.3 Å². The number of benzene rings is 2. The number of methoxy groups -OCH3 is 1. The normalized spacial score (nSPS) is 12.5. The number of ether oxygens (including phenoxy) is 1. The maximum Gasteiger partial charge on any atom is 0.119 e. The SMILES string of the molecule is CCSCCC(C)NCc1ccc2cc(OC)ccc2c1. The molecule has 1 atom stereocenters. The van der Waals surface area contributed by atoms with Crippen molar-refractivity contribution in [2.24, 2.45) is 0 Å². The number of fused-ring (bicyclic) bond motifs is 1. The molecule has 0 aromatic heterocycles. The maximum atomic E-state index is 5.26. The quantitative estimate of drug-likeness (QED) is 0.727. The minimum absolute atomic E-state index is 0.565. The number of nitrogens with one attached hydrogen (secondary N) is 1. The van der Waals surface area contributed by atoms with Crippen LogP contribution in [0, 0.1) is 0 Å². The number of hydrogen-bond acceptors (Lipinski definition) is 3. The zero-order chi connectivity index (χ0) is 15.1. The number of hydrogen-bond donors (Lipinski definition) is 1. The third-order valence-corrected chi connectivity index (χ3v) is 4.60. The van der Waals surface area contributed by atoms with Crippen molar-refractivity contribution in [3.05, 3.63) is 42.0 Å². The second kappa shape index (κ2) is 8.30. The van der Waals surface area contributed by atoms with Crippen molar-refractivity contribution in [1.29, 1.82) is 0 Å². The minimum Gasteiger partial charge on any atom is -0.497 e. The van der Waals surface area contributed by atoms with Crippen molar-refractivity contribution < 1.29 is 4.74 Å². The van der Waals surface area contributed by atoms with Crippen LogP contribution in [-0.2, 0) is 6.54 Å². The minimum atomic E-state index is 0.565. The molecular formula is C18H25NOS. The first-order chi connectivity index (χ1) is 10.2. The molecule has 2 nitrogen and oxygen atoms in total. The number of thioether (sulfide) groups is 1. The van der Waals surface area contributed by atoms with E-state index in [1.54, 1.807) is 7.11 Å². The van der Waals surface area contributed by atoms with Gasteiger partial charge in [-0.05, 0) is 59.4 Å². The van der Waals surface area contributed by atoms with Gasteiger partial charge in [0, 0.05) is 12.6 Å². The molecular weight excluding hydrogens is 278 g/mol. The van der Waals surface area contributed by atoms with E-state index in [4.69, 9.17) is 4.74 Å². The summed E-state index contributed by atoms with van der Waals surface area (Å²) in [6.07, 6.45) is 1.23. The van der Waals surface area contributed by atoms with Crippen LogP contribution in [0.3, 0.4) is 0 Å². The molecule has 2 aromatic carbocycles. The van der Waals surface area contributed by atoms with Crippen LogP contribution in [-0.4, -0.2) is 24.7 Å². The van der Waals surface area contributed by atoms with E-state index in [0.717, 1.165) is 12.3 Å². The average Bonchev–Trinajstić information content (AvgIpc) is 2.52. The first-order valence-corrected chi connectivity index (χ1v) is 8.76. The lowest BCUT2D eigenvalue weighted by Crippen LogP contribution is -2.26. The van der Waals surface area contributed by atoms with Crippen LogP contribution in [0.2, 0.25) is 0 Å². The molecule has 0 amide bonds. The smallest absolute Gasteiger partial charge is 0.119 e. The molecule has 0 aliphatic heterocycles. The van der Waals surface area contributed by atoms with Gasteiger partial charge in [0.2, 0.25) is 0 Å². The summed E-state index contributed by atoms with van der Waals surface area (Å²) >= 11 is 2.01. The molecule has 0 bridgehead atoms. The summed E-state index contributed by atoms with van der Waals surface area (Å²) < 4.78 is 5.26. The molecule has 0 heterocycles. The van der Waals surface area contributed by atoms with E-state index < -0.39 is 0 Å². The van der Waals surface area contributed by atoms with Crippen LogP contribution in [0.4, 0.5) is 0 Å². The summed E-state index contributed by atoms with van der Waals surface area (Å²) in [6.45, 7) is 5.41. The summed E-state index contributed by atoms with van der Waals surface area (Å²) in [4.78, 5) is 0. The first kappa shape index (κ1) is 16.2. The summed E-state index contributed by atoms with van der Waals surface area (Å²) in [5.74, 6) is 3.36. The Balaban J connectivity index is 1.93. The van der Waals surface area contributed by atoms with Crippen molar-refractivity contribution >= 4 is 22.5 Å². The Morgan fingerprint density at radius 3 is 2.67 bits per heavy atom. The van der Waals surface area contributed by atoms with E-state index in [9.17, 15) is 0 Å². The monoisotopic (exact) mass is 303 g/mol. The summed E-state index contributed by atoms with van der Waals surface area (Å²) in [5, 5.41) is 6.10. The van der Waals surface area contributed by atoms with Gasteiger partial charge in [0.05, 0.1) is 7.11 Å². The number of rotatable bonds is 8. The van der Waals surface area contributed by atoms with Gasteiger partial charge in [-0.15, -0.1) is 0 Å². The van der Waals surface area contributed by atoms with Crippen molar-refractivity contribution in [2.75, 3.05) is 18.6 Å². The molecule has 3 heteroatoms. The molecule has 21 heavy (non-hydrogen) atoms. The zero-order valence-corrected chi connectivity index (χ0v) is 14.0. The third-order valence-electron chi connectivity index (χ3n) is 3.67. The van der Waals surface area contributed by atoms with Crippen LogP contribution in [0.25, 0.3) is 10.8 Å². The van der Waals surface area contributed by atoms with Crippen LogP contribution in [0.1, 0.15) is 25.8 Å². The van der Waals surface area contributed by atoms with Gasteiger partial charge in [-0.2, -0.15) is 11.8 Å². The van der Waals surface area contributed by atoms with Crippen LogP contribution < -0.4 is 10.1 Å². The standard InChI is InChI=1S/C18H25NOS/c1-4-21-10-9-14(2)19-13-15-5-6-17-12-18(20-3)8-7-16(17)11-15/h5-8,11-12,14,19H,4,9-10,13H2,1-3H3. The van der Waals surface area contributed by atoms with Gasteiger partial charge < -0.3 is 10.1 Å². The molecule has 0 saturated heterocycles. The van der Waals surface area contributed by atoms with Crippen LogP contribution in [0.5, 0.6) is 5.75 Å². The summed E-state index contributed by atoms with van der Waals surface area (Å²) in [6, 6.07) is 13.4. The molecule has 0 radical (unpaired) electrons. The molecule has 114 valence electrons. The maximum absolute atomic E-state index is 5.26. The molecule has 0 aliphatic rings.